The van der Waals surface area contributed by atoms with Crippen LogP contribution in [0.25, 0.3) is 17.1 Å². The number of piperidine rings is 1. The molecule has 1 saturated heterocycles. The molecule has 0 saturated carbocycles. The summed E-state index contributed by atoms with van der Waals surface area (Å²) in [6, 6.07) is 7.24. The van der Waals surface area contributed by atoms with Crippen molar-refractivity contribution < 1.29 is 9.18 Å². The molecule has 7 nitrogen and oxygen atoms in total. The van der Waals surface area contributed by atoms with Gasteiger partial charge in [-0.1, -0.05) is 25.4 Å². The highest BCUT2D eigenvalue weighted by Crippen LogP contribution is 2.29. The molecule has 0 spiro atoms. The average molecular weight is 472 g/mol. The summed E-state index contributed by atoms with van der Waals surface area (Å²) >= 11 is 6.37. The van der Waals surface area contributed by atoms with Crippen LogP contribution in [0.5, 0.6) is 0 Å². The first-order valence-corrected chi connectivity index (χ1v) is 11.7. The Bertz CT molecular complexity index is 1180. The van der Waals surface area contributed by atoms with Gasteiger partial charge in [-0.3, -0.25) is 9.78 Å². The van der Waals surface area contributed by atoms with Crippen molar-refractivity contribution in [2.75, 3.05) is 13.1 Å². The Morgan fingerprint density at radius 2 is 1.82 bits per heavy atom. The summed E-state index contributed by atoms with van der Waals surface area (Å²) in [6.45, 7) is 5.24. The van der Waals surface area contributed by atoms with Crippen LogP contribution >= 0.6 is 11.6 Å². The molecule has 3 heterocycles. The quantitative estimate of drug-likeness (QED) is 0.531. The maximum Gasteiger partial charge on any atom is 0.351 e. The Balaban J connectivity index is 1.69. The van der Waals surface area contributed by atoms with Crippen LogP contribution in [0.15, 0.2) is 47.5 Å². The number of benzene rings is 1. The van der Waals surface area contributed by atoms with Gasteiger partial charge in [0.15, 0.2) is 5.82 Å². The smallest absolute Gasteiger partial charge is 0.342 e. The topological polar surface area (TPSA) is 73.0 Å². The van der Waals surface area contributed by atoms with Crippen molar-refractivity contribution in [3.05, 3.63) is 64.0 Å². The third-order valence-corrected chi connectivity index (χ3v) is 6.66. The van der Waals surface area contributed by atoms with Crippen molar-refractivity contribution in [2.24, 2.45) is 5.92 Å². The maximum atomic E-state index is 13.5. The lowest BCUT2D eigenvalue weighted by Crippen LogP contribution is -2.43. The summed E-state index contributed by atoms with van der Waals surface area (Å²) in [7, 11) is 0. The van der Waals surface area contributed by atoms with Gasteiger partial charge in [-0.15, -0.1) is 5.10 Å². The molecule has 2 aromatic heterocycles. The van der Waals surface area contributed by atoms with Gasteiger partial charge in [-0.2, -0.15) is 0 Å². The summed E-state index contributed by atoms with van der Waals surface area (Å²) in [4.78, 5) is 32.2. The van der Waals surface area contributed by atoms with E-state index >= 15 is 0 Å². The summed E-state index contributed by atoms with van der Waals surface area (Å²) in [5.74, 6) is 0.209. The van der Waals surface area contributed by atoms with E-state index in [1.165, 1.54) is 39.7 Å². The number of hydrogen-bond acceptors (Lipinski definition) is 4. The van der Waals surface area contributed by atoms with E-state index < -0.39 is 5.82 Å². The van der Waals surface area contributed by atoms with E-state index in [0.29, 0.717) is 48.0 Å². The van der Waals surface area contributed by atoms with Crippen molar-refractivity contribution in [2.45, 2.75) is 45.6 Å². The van der Waals surface area contributed by atoms with Crippen LogP contribution in [0.2, 0.25) is 5.02 Å². The molecule has 1 aliphatic rings. The second kappa shape index (κ2) is 9.87. The Hall–Kier alpha value is -3.00. The molecule has 3 aromatic rings. The third-order valence-electron chi connectivity index (χ3n) is 6.36. The van der Waals surface area contributed by atoms with Crippen molar-refractivity contribution in [3.8, 4) is 17.1 Å². The molecule has 4 rings (SSSR count). The highest BCUT2D eigenvalue weighted by molar-refractivity contribution is 6.33. The van der Waals surface area contributed by atoms with Crippen LogP contribution in [0.1, 0.15) is 45.6 Å². The van der Waals surface area contributed by atoms with Gasteiger partial charge in [0.1, 0.15) is 5.82 Å². The minimum Gasteiger partial charge on any atom is -0.342 e. The summed E-state index contributed by atoms with van der Waals surface area (Å²) in [6.07, 6.45) is 6.00. The second-order valence-electron chi connectivity index (χ2n) is 8.29. The fraction of sp³-hybridized carbons (Fsp3) is 0.417. The summed E-state index contributed by atoms with van der Waals surface area (Å²) in [5.41, 5.74) is 0.735. The van der Waals surface area contributed by atoms with E-state index in [1.54, 1.807) is 12.3 Å². The SMILES string of the molecule is CCC(CC)C(=O)N1CCC(n2nc(-c3ccncc3Cl)n(-c3ccc(F)cc3)c2=O)CC1. The number of carbonyl (C=O) groups is 1. The van der Waals surface area contributed by atoms with Gasteiger partial charge in [0.25, 0.3) is 0 Å². The molecule has 1 aromatic carbocycles. The average Bonchev–Trinajstić information content (AvgIpc) is 3.17. The van der Waals surface area contributed by atoms with Crippen molar-refractivity contribution in [3.63, 3.8) is 0 Å². The first-order valence-electron chi connectivity index (χ1n) is 11.3. The number of rotatable bonds is 6. The van der Waals surface area contributed by atoms with Crippen molar-refractivity contribution in [1.29, 1.82) is 0 Å². The van der Waals surface area contributed by atoms with Crippen molar-refractivity contribution >= 4 is 17.5 Å². The zero-order valence-electron chi connectivity index (χ0n) is 18.7. The Kier molecular flexibility index (Phi) is 6.93. The lowest BCUT2D eigenvalue weighted by molar-refractivity contribution is -0.137. The Morgan fingerprint density at radius 3 is 2.42 bits per heavy atom. The Morgan fingerprint density at radius 1 is 1.15 bits per heavy atom. The molecule has 0 radical (unpaired) electrons. The van der Waals surface area contributed by atoms with E-state index in [4.69, 9.17) is 11.6 Å². The molecular formula is C24H27ClFN5O2. The van der Waals surface area contributed by atoms with Crippen LogP contribution in [0, 0.1) is 11.7 Å². The van der Waals surface area contributed by atoms with E-state index in [0.717, 1.165) is 12.8 Å². The van der Waals surface area contributed by atoms with E-state index in [9.17, 15) is 14.0 Å². The predicted molar refractivity (Wildman–Crippen MR) is 125 cm³/mol. The predicted octanol–water partition coefficient (Wildman–Crippen LogP) is 4.49. The summed E-state index contributed by atoms with van der Waals surface area (Å²) in [5, 5.41) is 5.02. The molecule has 9 heteroatoms. The molecule has 33 heavy (non-hydrogen) atoms. The monoisotopic (exact) mass is 471 g/mol. The van der Waals surface area contributed by atoms with Gasteiger partial charge < -0.3 is 4.90 Å². The third kappa shape index (κ3) is 4.57. The normalized spacial score (nSPS) is 14.8. The molecule has 0 unspecified atom stereocenters. The minimum atomic E-state index is -0.391. The second-order valence-corrected chi connectivity index (χ2v) is 8.70. The fourth-order valence-electron chi connectivity index (χ4n) is 4.40. The minimum absolute atomic E-state index is 0.0439. The van der Waals surface area contributed by atoms with Gasteiger partial charge in [-0.05, 0) is 56.0 Å². The van der Waals surface area contributed by atoms with Crippen LogP contribution in [-0.4, -0.2) is 43.2 Å². The van der Waals surface area contributed by atoms with Crippen LogP contribution in [-0.2, 0) is 4.79 Å². The summed E-state index contributed by atoms with van der Waals surface area (Å²) < 4.78 is 16.5. The lowest BCUT2D eigenvalue weighted by atomic mass is 9.98. The zero-order chi connectivity index (χ0) is 23.5. The van der Waals surface area contributed by atoms with Gasteiger partial charge in [0.2, 0.25) is 5.91 Å². The molecule has 174 valence electrons. The molecule has 0 N–H and O–H groups in total. The number of hydrogen-bond donors (Lipinski definition) is 0. The Labute approximate surface area is 196 Å². The molecule has 1 amide bonds. The fourth-order valence-corrected chi connectivity index (χ4v) is 4.60. The van der Waals surface area contributed by atoms with Crippen LogP contribution in [0.4, 0.5) is 4.39 Å². The molecule has 0 aliphatic carbocycles. The number of pyridine rings is 1. The van der Waals surface area contributed by atoms with E-state index in [1.807, 2.05) is 18.7 Å². The van der Waals surface area contributed by atoms with E-state index in [-0.39, 0.29) is 23.6 Å². The number of halogens is 2. The number of amides is 1. The van der Waals surface area contributed by atoms with E-state index in [2.05, 4.69) is 10.1 Å². The standard InChI is InChI=1S/C24H27ClFN5O2/c1-3-16(4-2)23(32)29-13-10-19(11-14-29)31-24(33)30(18-7-5-17(26)6-8-18)22(28-31)20-9-12-27-15-21(20)25/h5-9,12,15-16,19H,3-4,10-11,13-14H2,1-2H3. The number of aromatic nitrogens is 4. The number of carbonyl (C=O) groups excluding carboxylic acids is 1. The van der Waals surface area contributed by atoms with Gasteiger partial charge in [0.05, 0.1) is 16.8 Å². The van der Waals surface area contributed by atoms with Gasteiger partial charge >= 0.3 is 5.69 Å². The van der Waals surface area contributed by atoms with Crippen molar-refractivity contribution in [1.82, 2.24) is 24.2 Å². The largest absolute Gasteiger partial charge is 0.351 e. The lowest BCUT2D eigenvalue weighted by Gasteiger charge is -2.33. The highest BCUT2D eigenvalue weighted by atomic mass is 35.5. The molecule has 0 bridgehead atoms. The van der Waals surface area contributed by atoms with Crippen LogP contribution < -0.4 is 5.69 Å². The molecule has 1 aliphatic heterocycles. The molecular weight excluding hydrogens is 445 g/mol. The highest BCUT2D eigenvalue weighted by Gasteiger charge is 2.30. The first-order chi connectivity index (χ1) is 15.9. The molecule has 0 atom stereocenters. The number of nitrogens with zero attached hydrogens (tertiary/aromatic N) is 5. The molecule has 1 fully saturated rings. The number of likely N-dealkylation sites (tertiary alicyclic amines) is 1. The maximum absolute atomic E-state index is 13.5. The van der Waals surface area contributed by atoms with Gasteiger partial charge in [0, 0.05) is 37.0 Å². The zero-order valence-corrected chi connectivity index (χ0v) is 19.5. The van der Waals surface area contributed by atoms with Crippen LogP contribution in [0.3, 0.4) is 0 Å². The van der Waals surface area contributed by atoms with Gasteiger partial charge in [-0.25, -0.2) is 18.4 Å². The first kappa shape index (κ1) is 23.2.